The summed E-state index contributed by atoms with van der Waals surface area (Å²) in [7, 11) is 1.37. The van der Waals surface area contributed by atoms with Gasteiger partial charge in [-0.15, -0.1) is 0 Å². The lowest BCUT2D eigenvalue weighted by Gasteiger charge is -2.26. The molecule has 0 unspecified atom stereocenters. The first-order valence-electron chi connectivity index (χ1n) is 11.2. The number of hydrogen-bond donors (Lipinski definition) is 2. The molecule has 1 fully saturated rings. The van der Waals surface area contributed by atoms with Gasteiger partial charge in [0.25, 0.3) is 0 Å². The van der Waals surface area contributed by atoms with Crippen molar-refractivity contribution in [3.63, 3.8) is 0 Å². The van der Waals surface area contributed by atoms with Crippen LogP contribution in [0.25, 0.3) is 27.7 Å². The Morgan fingerprint density at radius 1 is 1.06 bits per heavy atom. The molecule has 0 bridgehead atoms. The van der Waals surface area contributed by atoms with Crippen LogP contribution < -0.4 is 4.74 Å². The lowest BCUT2D eigenvalue weighted by Crippen LogP contribution is -2.17. The zero-order chi connectivity index (χ0) is 24.7. The first-order valence-corrected chi connectivity index (χ1v) is 11.2. The molecule has 3 aromatic carbocycles. The standard InChI is InChI=1S/C27H23F2NO5/c1-34-24-14-18(4-6-21(24)29)30-22-13-17(28)3-5-19(22)25(26(30)15-8-10-35-11-9-15)20-12-16(27(32)33)2-7-23(20)31/h2-7,12-15,31H,8-11H2,1H3,(H,32,33). The fourth-order valence-electron chi connectivity index (χ4n) is 4.86. The van der Waals surface area contributed by atoms with Gasteiger partial charge in [0, 0.05) is 53.1 Å². The van der Waals surface area contributed by atoms with E-state index in [1.165, 1.54) is 43.5 Å². The highest BCUT2D eigenvalue weighted by atomic mass is 19.1. The Hall–Kier alpha value is -3.91. The van der Waals surface area contributed by atoms with E-state index < -0.39 is 17.6 Å². The fourth-order valence-corrected chi connectivity index (χ4v) is 4.86. The summed E-state index contributed by atoms with van der Waals surface area (Å²) in [4.78, 5) is 11.7. The number of phenolic OH excluding ortho intramolecular Hbond substituents is 1. The maximum Gasteiger partial charge on any atom is 0.335 e. The number of fused-ring (bicyclic) bond motifs is 1. The van der Waals surface area contributed by atoms with Crippen LogP contribution in [-0.4, -0.2) is 41.1 Å². The second kappa shape index (κ2) is 9.03. The molecule has 180 valence electrons. The van der Waals surface area contributed by atoms with Crippen molar-refractivity contribution in [3.05, 3.63) is 77.5 Å². The van der Waals surface area contributed by atoms with Crippen LogP contribution in [0, 0.1) is 11.6 Å². The van der Waals surface area contributed by atoms with Crippen molar-refractivity contribution in [1.82, 2.24) is 4.57 Å². The molecule has 1 saturated heterocycles. The molecule has 1 aliphatic heterocycles. The van der Waals surface area contributed by atoms with Gasteiger partial charge in [-0.25, -0.2) is 13.6 Å². The van der Waals surface area contributed by atoms with Gasteiger partial charge in [0.15, 0.2) is 11.6 Å². The number of phenols is 1. The van der Waals surface area contributed by atoms with Crippen molar-refractivity contribution < 1.29 is 33.3 Å². The molecule has 4 aromatic rings. The van der Waals surface area contributed by atoms with Gasteiger partial charge in [-0.3, -0.25) is 0 Å². The van der Waals surface area contributed by atoms with E-state index in [0.29, 0.717) is 53.8 Å². The predicted molar refractivity (Wildman–Crippen MR) is 127 cm³/mol. The molecule has 8 heteroatoms. The highest BCUT2D eigenvalue weighted by Gasteiger charge is 2.29. The minimum absolute atomic E-state index is 0.0159. The van der Waals surface area contributed by atoms with E-state index in [1.807, 2.05) is 4.57 Å². The van der Waals surface area contributed by atoms with Crippen LogP contribution in [0.5, 0.6) is 11.5 Å². The molecule has 35 heavy (non-hydrogen) atoms. The summed E-state index contributed by atoms with van der Waals surface area (Å²) in [5, 5.41) is 21.0. The van der Waals surface area contributed by atoms with Gasteiger partial charge in [-0.1, -0.05) is 0 Å². The van der Waals surface area contributed by atoms with Crippen LogP contribution in [0.2, 0.25) is 0 Å². The molecule has 2 N–H and O–H groups in total. The number of hydrogen-bond acceptors (Lipinski definition) is 4. The van der Waals surface area contributed by atoms with Crippen LogP contribution in [0.1, 0.15) is 34.8 Å². The number of aromatic carboxylic acids is 1. The van der Waals surface area contributed by atoms with E-state index in [9.17, 15) is 23.8 Å². The van der Waals surface area contributed by atoms with E-state index in [-0.39, 0.29) is 23.0 Å². The number of aromatic nitrogens is 1. The summed E-state index contributed by atoms with van der Waals surface area (Å²) in [6.07, 6.45) is 1.34. The predicted octanol–water partition coefficient (Wildman–Crippen LogP) is 5.88. The summed E-state index contributed by atoms with van der Waals surface area (Å²) in [6, 6.07) is 12.8. The number of aromatic hydroxyl groups is 1. The first kappa shape index (κ1) is 22.9. The van der Waals surface area contributed by atoms with Gasteiger partial charge >= 0.3 is 5.97 Å². The van der Waals surface area contributed by atoms with Crippen molar-refractivity contribution in [2.75, 3.05) is 20.3 Å². The quantitative estimate of drug-likeness (QED) is 0.374. The van der Waals surface area contributed by atoms with Crippen LogP contribution in [0.15, 0.2) is 54.6 Å². The molecule has 1 aromatic heterocycles. The fraction of sp³-hybridized carbons (Fsp3) is 0.222. The topological polar surface area (TPSA) is 80.9 Å². The number of carboxylic acid groups (broad SMARTS) is 1. The number of nitrogens with zero attached hydrogens (tertiary/aromatic N) is 1. The van der Waals surface area contributed by atoms with Crippen LogP contribution in [-0.2, 0) is 4.74 Å². The molecular weight excluding hydrogens is 456 g/mol. The monoisotopic (exact) mass is 479 g/mol. The van der Waals surface area contributed by atoms with E-state index in [2.05, 4.69) is 0 Å². The molecular formula is C27H23F2NO5. The molecule has 5 rings (SSSR count). The van der Waals surface area contributed by atoms with Crippen molar-refractivity contribution in [3.8, 4) is 28.3 Å². The second-order valence-electron chi connectivity index (χ2n) is 8.50. The summed E-state index contributed by atoms with van der Waals surface area (Å²) in [6.45, 7) is 1.04. The Morgan fingerprint density at radius 2 is 1.83 bits per heavy atom. The highest BCUT2D eigenvalue weighted by Crippen LogP contribution is 2.46. The number of carboxylic acids is 1. The van der Waals surface area contributed by atoms with E-state index in [1.54, 1.807) is 18.2 Å². The Morgan fingerprint density at radius 3 is 2.54 bits per heavy atom. The van der Waals surface area contributed by atoms with Crippen LogP contribution in [0.3, 0.4) is 0 Å². The second-order valence-corrected chi connectivity index (χ2v) is 8.50. The summed E-state index contributed by atoms with van der Waals surface area (Å²) in [5.41, 5.74) is 2.78. The Kier molecular flexibility index (Phi) is 5.90. The molecule has 0 amide bonds. The molecule has 6 nitrogen and oxygen atoms in total. The van der Waals surface area contributed by atoms with Gasteiger partial charge in [0.2, 0.25) is 0 Å². The zero-order valence-electron chi connectivity index (χ0n) is 18.9. The van der Waals surface area contributed by atoms with Gasteiger partial charge in [0.1, 0.15) is 11.6 Å². The van der Waals surface area contributed by atoms with E-state index >= 15 is 0 Å². The minimum Gasteiger partial charge on any atom is -0.507 e. The normalized spacial score (nSPS) is 14.4. The summed E-state index contributed by atoms with van der Waals surface area (Å²) in [5.74, 6) is -2.22. The third-order valence-corrected chi connectivity index (χ3v) is 6.48. The van der Waals surface area contributed by atoms with Crippen molar-refractivity contribution in [2.24, 2.45) is 0 Å². The maximum atomic E-state index is 14.5. The lowest BCUT2D eigenvalue weighted by atomic mass is 9.89. The SMILES string of the molecule is COc1cc(-n2c(C3CCOCC3)c(-c3cc(C(=O)O)ccc3O)c3ccc(F)cc32)ccc1F. The average molecular weight is 479 g/mol. The Bertz CT molecular complexity index is 1440. The smallest absolute Gasteiger partial charge is 0.335 e. The van der Waals surface area contributed by atoms with Gasteiger partial charge in [-0.05, 0) is 61.4 Å². The molecule has 0 atom stereocenters. The van der Waals surface area contributed by atoms with Crippen LogP contribution in [0.4, 0.5) is 8.78 Å². The lowest BCUT2D eigenvalue weighted by molar-refractivity contribution is 0.0697. The molecule has 0 radical (unpaired) electrons. The molecule has 2 heterocycles. The average Bonchev–Trinajstić information content (AvgIpc) is 3.19. The number of rotatable bonds is 5. The van der Waals surface area contributed by atoms with Crippen molar-refractivity contribution >= 4 is 16.9 Å². The third kappa shape index (κ3) is 4.00. The number of methoxy groups -OCH3 is 1. The summed E-state index contributed by atoms with van der Waals surface area (Å²) < 4.78 is 41.4. The Balaban J connectivity index is 1.91. The Labute approximate surface area is 200 Å². The number of carbonyl (C=O) groups is 1. The van der Waals surface area contributed by atoms with Gasteiger partial charge in [0.05, 0.1) is 18.2 Å². The van der Waals surface area contributed by atoms with Crippen molar-refractivity contribution in [1.29, 1.82) is 0 Å². The third-order valence-electron chi connectivity index (χ3n) is 6.48. The summed E-state index contributed by atoms with van der Waals surface area (Å²) >= 11 is 0. The van der Waals surface area contributed by atoms with E-state index in [4.69, 9.17) is 9.47 Å². The van der Waals surface area contributed by atoms with Crippen molar-refractivity contribution in [2.45, 2.75) is 18.8 Å². The van der Waals surface area contributed by atoms with Gasteiger partial charge in [-0.2, -0.15) is 0 Å². The van der Waals surface area contributed by atoms with E-state index in [0.717, 1.165) is 5.69 Å². The highest BCUT2D eigenvalue weighted by molar-refractivity contribution is 6.02. The molecule has 0 aliphatic carbocycles. The minimum atomic E-state index is -1.13. The molecule has 1 aliphatic rings. The maximum absolute atomic E-state index is 14.5. The van der Waals surface area contributed by atoms with Crippen LogP contribution >= 0.6 is 0 Å². The van der Waals surface area contributed by atoms with Gasteiger partial charge < -0.3 is 24.3 Å². The largest absolute Gasteiger partial charge is 0.507 e. The number of benzene rings is 3. The first-order chi connectivity index (χ1) is 16.9. The number of halogens is 2. The molecule has 0 spiro atoms. The zero-order valence-corrected chi connectivity index (χ0v) is 18.9. The number of ether oxygens (including phenoxy) is 2. The molecule has 0 saturated carbocycles.